The van der Waals surface area contributed by atoms with Crippen molar-refractivity contribution in [3.05, 3.63) is 33.9 Å². The van der Waals surface area contributed by atoms with Crippen LogP contribution in [0.1, 0.15) is 19.4 Å². The highest BCUT2D eigenvalue weighted by atomic mass is 16.6. The van der Waals surface area contributed by atoms with E-state index in [1.165, 1.54) is 12.1 Å². The lowest BCUT2D eigenvalue weighted by Gasteiger charge is -2.35. The molecule has 0 aliphatic carbocycles. The van der Waals surface area contributed by atoms with Gasteiger partial charge in [-0.05, 0) is 26.0 Å². The van der Waals surface area contributed by atoms with E-state index in [0.717, 1.165) is 0 Å². The summed E-state index contributed by atoms with van der Waals surface area (Å²) in [6.07, 6.45) is 0. The number of nitrogens with one attached hydrogen (secondary N) is 1. The zero-order valence-corrected chi connectivity index (χ0v) is 13.9. The molecule has 0 atom stereocenters. The zero-order chi connectivity index (χ0) is 17.7. The number of nitro groups is 1. The second-order valence-electron chi connectivity index (χ2n) is 6.06. The lowest BCUT2D eigenvalue weighted by Crippen LogP contribution is -2.50. The standard InChI is InChI=1S/C16H21N5O3/c1-12(2)18-16(22)11-19-5-7-20(8-6-19)15-9-13(10-17)3-4-14(15)21(23)24/h3-4,9,12H,5-8,11H2,1-2H3,(H,18,22). The van der Waals surface area contributed by atoms with Gasteiger partial charge in [0.1, 0.15) is 5.69 Å². The highest BCUT2D eigenvalue weighted by Crippen LogP contribution is 2.29. The Morgan fingerprint density at radius 2 is 2.04 bits per heavy atom. The number of nitriles is 1. The molecule has 1 N–H and O–H groups in total. The first-order chi connectivity index (χ1) is 11.4. The predicted molar refractivity (Wildman–Crippen MR) is 89.7 cm³/mol. The van der Waals surface area contributed by atoms with Gasteiger partial charge in [0.15, 0.2) is 0 Å². The summed E-state index contributed by atoms with van der Waals surface area (Å²) in [6, 6.07) is 6.50. The molecule has 8 heteroatoms. The van der Waals surface area contributed by atoms with Crippen LogP contribution in [0.5, 0.6) is 0 Å². The fraction of sp³-hybridized carbons (Fsp3) is 0.500. The summed E-state index contributed by atoms with van der Waals surface area (Å²) in [6.45, 7) is 6.58. The Bertz CT molecular complexity index is 660. The summed E-state index contributed by atoms with van der Waals surface area (Å²) in [5.41, 5.74) is 0.861. The van der Waals surface area contributed by atoms with E-state index in [-0.39, 0.29) is 17.6 Å². The highest BCUT2D eigenvalue weighted by Gasteiger charge is 2.25. The van der Waals surface area contributed by atoms with Crippen molar-refractivity contribution in [2.24, 2.45) is 0 Å². The number of carbonyl (C=O) groups is 1. The molecule has 1 aliphatic rings. The van der Waals surface area contributed by atoms with Gasteiger partial charge in [0.2, 0.25) is 5.91 Å². The molecule has 1 amide bonds. The number of hydrogen-bond donors (Lipinski definition) is 1. The highest BCUT2D eigenvalue weighted by molar-refractivity contribution is 5.78. The molecule has 24 heavy (non-hydrogen) atoms. The Morgan fingerprint density at radius 3 is 2.58 bits per heavy atom. The topological polar surface area (TPSA) is 103 Å². The Kier molecular flexibility index (Phi) is 5.71. The number of piperazine rings is 1. The normalized spacial score (nSPS) is 15.2. The molecule has 0 saturated carbocycles. The second-order valence-corrected chi connectivity index (χ2v) is 6.06. The van der Waals surface area contributed by atoms with Gasteiger partial charge >= 0.3 is 0 Å². The Labute approximate surface area is 140 Å². The van der Waals surface area contributed by atoms with Gasteiger partial charge in [-0.2, -0.15) is 5.26 Å². The average Bonchev–Trinajstić information content (AvgIpc) is 2.54. The molecule has 1 fully saturated rings. The minimum atomic E-state index is -0.432. The van der Waals surface area contributed by atoms with E-state index in [2.05, 4.69) is 5.32 Å². The maximum Gasteiger partial charge on any atom is 0.292 e. The third-order valence-electron chi connectivity index (χ3n) is 3.83. The molecule has 0 spiro atoms. The number of amides is 1. The molecular formula is C16H21N5O3. The van der Waals surface area contributed by atoms with E-state index in [0.29, 0.717) is 44.0 Å². The number of benzene rings is 1. The Hall–Kier alpha value is -2.66. The molecule has 0 radical (unpaired) electrons. The number of hydrogen-bond acceptors (Lipinski definition) is 6. The van der Waals surface area contributed by atoms with E-state index >= 15 is 0 Å². The van der Waals surface area contributed by atoms with Gasteiger partial charge < -0.3 is 10.2 Å². The Morgan fingerprint density at radius 1 is 1.38 bits per heavy atom. The third-order valence-corrected chi connectivity index (χ3v) is 3.83. The van der Waals surface area contributed by atoms with Gasteiger partial charge in [-0.25, -0.2) is 0 Å². The summed E-state index contributed by atoms with van der Waals surface area (Å²) in [5.74, 6) is -0.0177. The van der Waals surface area contributed by atoms with Crippen LogP contribution in [0.2, 0.25) is 0 Å². The lowest BCUT2D eigenvalue weighted by molar-refractivity contribution is -0.384. The first kappa shape index (κ1) is 17.7. The van der Waals surface area contributed by atoms with Crippen LogP contribution in [-0.2, 0) is 4.79 Å². The van der Waals surface area contributed by atoms with Crippen LogP contribution in [0.3, 0.4) is 0 Å². The summed E-state index contributed by atoms with van der Waals surface area (Å²) < 4.78 is 0. The summed E-state index contributed by atoms with van der Waals surface area (Å²) >= 11 is 0. The molecule has 1 aromatic rings. The Balaban J connectivity index is 2.03. The molecule has 0 unspecified atom stereocenters. The van der Waals surface area contributed by atoms with Crippen molar-refractivity contribution in [1.82, 2.24) is 10.2 Å². The van der Waals surface area contributed by atoms with E-state index in [9.17, 15) is 14.9 Å². The van der Waals surface area contributed by atoms with Gasteiger partial charge in [0.05, 0.1) is 23.1 Å². The molecule has 128 valence electrons. The van der Waals surface area contributed by atoms with Gasteiger partial charge in [0.25, 0.3) is 5.69 Å². The molecule has 1 aliphatic heterocycles. The molecule has 1 heterocycles. The summed E-state index contributed by atoms with van der Waals surface area (Å²) in [7, 11) is 0. The number of anilines is 1. The van der Waals surface area contributed by atoms with E-state index < -0.39 is 4.92 Å². The van der Waals surface area contributed by atoms with Gasteiger partial charge in [-0.15, -0.1) is 0 Å². The van der Waals surface area contributed by atoms with Crippen LogP contribution < -0.4 is 10.2 Å². The maximum absolute atomic E-state index is 11.8. The molecule has 0 bridgehead atoms. The fourth-order valence-corrected chi connectivity index (χ4v) is 2.72. The van der Waals surface area contributed by atoms with Gasteiger partial charge in [-0.1, -0.05) is 0 Å². The molecular weight excluding hydrogens is 310 g/mol. The quantitative estimate of drug-likeness (QED) is 0.640. The lowest BCUT2D eigenvalue weighted by atomic mass is 10.1. The SMILES string of the molecule is CC(C)NC(=O)CN1CCN(c2cc(C#N)ccc2[N+](=O)[O-])CC1. The van der Waals surface area contributed by atoms with Crippen molar-refractivity contribution in [3.63, 3.8) is 0 Å². The second kappa shape index (κ2) is 7.75. The molecule has 0 aromatic heterocycles. The van der Waals surface area contributed by atoms with Crippen LogP contribution in [0.4, 0.5) is 11.4 Å². The monoisotopic (exact) mass is 331 g/mol. The minimum absolute atomic E-state index is 0.000000772. The first-order valence-corrected chi connectivity index (χ1v) is 7.86. The number of nitro benzene ring substituents is 1. The largest absolute Gasteiger partial charge is 0.363 e. The minimum Gasteiger partial charge on any atom is -0.363 e. The van der Waals surface area contributed by atoms with Crippen LogP contribution in [0, 0.1) is 21.4 Å². The zero-order valence-electron chi connectivity index (χ0n) is 13.9. The van der Waals surface area contributed by atoms with E-state index in [1.807, 2.05) is 29.7 Å². The van der Waals surface area contributed by atoms with E-state index in [4.69, 9.17) is 5.26 Å². The summed E-state index contributed by atoms with van der Waals surface area (Å²) in [5, 5.41) is 23.1. The fourth-order valence-electron chi connectivity index (χ4n) is 2.72. The van der Waals surface area contributed by atoms with Gasteiger partial charge in [-0.3, -0.25) is 19.8 Å². The summed E-state index contributed by atoms with van der Waals surface area (Å²) in [4.78, 5) is 26.5. The molecule has 1 saturated heterocycles. The van der Waals surface area contributed by atoms with E-state index in [1.54, 1.807) is 6.07 Å². The van der Waals surface area contributed by atoms with Crippen molar-refractivity contribution in [1.29, 1.82) is 5.26 Å². The predicted octanol–water partition coefficient (Wildman–Crippen LogP) is 1.11. The van der Waals surface area contributed by atoms with Crippen LogP contribution in [0.25, 0.3) is 0 Å². The van der Waals surface area contributed by atoms with Gasteiger partial charge in [0, 0.05) is 38.3 Å². The first-order valence-electron chi connectivity index (χ1n) is 7.86. The van der Waals surface area contributed by atoms with Crippen LogP contribution >= 0.6 is 0 Å². The van der Waals surface area contributed by atoms with Crippen LogP contribution in [0.15, 0.2) is 18.2 Å². The number of carbonyl (C=O) groups excluding carboxylic acids is 1. The van der Waals surface area contributed by atoms with Crippen molar-refractivity contribution in [2.45, 2.75) is 19.9 Å². The van der Waals surface area contributed by atoms with Crippen molar-refractivity contribution < 1.29 is 9.72 Å². The van der Waals surface area contributed by atoms with Crippen LogP contribution in [-0.4, -0.2) is 54.5 Å². The molecule has 2 rings (SSSR count). The smallest absolute Gasteiger partial charge is 0.292 e. The third kappa shape index (κ3) is 4.43. The maximum atomic E-state index is 11.8. The molecule has 1 aromatic carbocycles. The van der Waals surface area contributed by atoms with Crippen molar-refractivity contribution in [3.8, 4) is 6.07 Å². The van der Waals surface area contributed by atoms with Crippen molar-refractivity contribution >= 4 is 17.3 Å². The number of rotatable bonds is 5. The average molecular weight is 331 g/mol. The molecule has 8 nitrogen and oxygen atoms in total. The van der Waals surface area contributed by atoms with Crippen molar-refractivity contribution in [2.75, 3.05) is 37.6 Å². The number of nitrogens with zero attached hydrogens (tertiary/aromatic N) is 4.